The summed E-state index contributed by atoms with van der Waals surface area (Å²) in [6, 6.07) is 14.6. The van der Waals surface area contributed by atoms with E-state index in [0.29, 0.717) is 11.1 Å². The van der Waals surface area contributed by atoms with Crippen molar-refractivity contribution < 1.29 is 4.79 Å². The number of nitrogens with one attached hydrogen (secondary N) is 1. The number of benzene rings is 2. The molecule has 1 unspecified atom stereocenters. The highest BCUT2D eigenvalue weighted by atomic mass is 32.2. The molecular weight excluding hydrogens is 328 g/mol. The minimum atomic E-state index is -0.115. The van der Waals surface area contributed by atoms with E-state index >= 15 is 0 Å². The van der Waals surface area contributed by atoms with Crippen molar-refractivity contribution in [2.24, 2.45) is 4.99 Å². The van der Waals surface area contributed by atoms with Crippen LogP contribution in [0.15, 0.2) is 47.5 Å². The number of aliphatic imine (C=N–C) groups is 1. The first-order valence-electron chi connectivity index (χ1n) is 8.64. The lowest BCUT2D eigenvalue weighted by atomic mass is 10.0. The van der Waals surface area contributed by atoms with Crippen LogP contribution in [0, 0.1) is 13.8 Å². The summed E-state index contributed by atoms with van der Waals surface area (Å²) in [5, 5.41) is 3.49. The van der Waals surface area contributed by atoms with E-state index in [2.05, 4.69) is 68.3 Å². The van der Waals surface area contributed by atoms with Gasteiger partial charge in [0.25, 0.3) is 0 Å². The number of hydrogen-bond acceptors (Lipinski definition) is 3. The number of amides is 1. The van der Waals surface area contributed by atoms with Crippen LogP contribution in [0.5, 0.6) is 0 Å². The molecular formula is C21H24N2OS. The molecule has 1 atom stereocenters. The monoisotopic (exact) mass is 352 g/mol. The maximum Gasteiger partial charge on any atom is 0.239 e. The van der Waals surface area contributed by atoms with Crippen molar-refractivity contribution >= 4 is 28.5 Å². The van der Waals surface area contributed by atoms with Crippen molar-refractivity contribution in [2.45, 2.75) is 45.3 Å². The molecule has 130 valence electrons. The third-order valence-corrected chi connectivity index (χ3v) is 5.64. The molecule has 1 N–H and O–H groups in total. The molecule has 4 heteroatoms. The third kappa shape index (κ3) is 4.31. The molecule has 0 saturated carbocycles. The summed E-state index contributed by atoms with van der Waals surface area (Å²) in [4.78, 5) is 16.8. The van der Waals surface area contributed by atoms with Gasteiger partial charge in [0.05, 0.1) is 10.9 Å². The van der Waals surface area contributed by atoms with Gasteiger partial charge in [0.15, 0.2) is 5.17 Å². The van der Waals surface area contributed by atoms with Gasteiger partial charge in [-0.05, 0) is 60.6 Å². The summed E-state index contributed by atoms with van der Waals surface area (Å²) in [6.45, 7) is 8.55. The first kappa shape index (κ1) is 17.7. The summed E-state index contributed by atoms with van der Waals surface area (Å²) < 4.78 is 0. The molecule has 2 aromatic rings. The van der Waals surface area contributed by atoms with Crippen LogP contribution < -0.4 is 5.32 Å². The number of hydrogen-bond donors (Lipinski definition) is 1. The lowest BCUT2D eigenvalue weighted by Gasteiger charge is -2.08. The summed E-state index contributed by atoms with van der Waals surface area (Å²) in [6.07, 6.45) is 0.725. The zero-order valence-corrected chi connectivity index (χ0v) is 16.0. The normalized spacial score (nSPS) is 18.8. The Balaban J connectivity index is 1.70. The molecule has 1 heterocycles. The Bertz CT molecular complexity index is 809. The van der Waals surface area contributed by atoms with Crippen molar-refractivity contribution in [3.05, 3.63) is 64.7 Å². The maximum atomic E-state index is 12.3. The Morgan fingerprint density at radius 3 is 2.44 bits per heavy atom. The van der Waals surface area contributed by atoms with Gasteiger partial charge in [-0.25, -0.2) is 4.99 Å². The third-order valence-electron chi connectivity index (χ3n) is 4.56. The van der Waals surface area contributed by atoms with Crippen molar-refractivity contribution in [1.82, 2.24) is 5.32 Å². The lowest BCUT2D eigenvalue weighted by Crippen LogP contribution is -2.26. The Morgan fingerprint density at radius 2 is 1.80 bits per heavy atom. The number of amidine groups is 1. The fraction of sp³-hybridized carbons (Fsp3) is 0.333. The fourth-order valence-corrected chi connectivity index (χ4v) is 3.82. The number of carbonyl (C=O) groups excluding carboxylic acids is 1. The van der Waals surface area contributed by atoms with Crippen molar-refractivity contribution in [3.63, 3.8) is 0 Å². The molecule has 0 spiro atoms. The average Bonchev–Trinajstić information content (AvgIpc) is 2.91. The second-order valence-electron chi connectivity index (χ2n) is 6.88. The number of rotatable bonds is 4. The molecule has 0 bridgehead atoms. The van der Waals surface area contributed by atoms with E-state index in [4.69, 9.17) is 0 Å². The second-order valence-corrected chi connectivity index (χ2v) is 8.07. The highest BCUT2D eigenvalue weighted by molar-refractivity contribution is 8.15. The molecule has 1 aliphatic rings. The van der Waals surface area contributed by atoms with Crippen molar-refractivity contribution in [1.29, 1.82) is 0 Å². The largest absolute Gasteiger partial charge is 0.304 e. The smallest absolute Gasteiger partial charge is 0.239 e. The first-order valence-corrected chi connectivity index (χ1v) is 9.52. The van der Waals surface area contributed by atoms with Gasteiger partial charge in [-0.2, -0.15) is 0 Å². The lowest BCUT2D eigenvalue weighted by molar-refractivity contribution is -0.118. The molecule has 25 heavy (non-hydrogen) atoms. The van der Waals surface area contributed by atoms with Gasteiger partial charge >= 0.3 is 0 Å². The SMILES string of the molecule is Cc1ccc(CC2SC(=Nc3ccc(C(C)C)cc3)NC2=O)cc1C. The van der Waals surface area contributed by atoms with Gasteiger partial charge in [-0.3, -0.25) is 4.79 Å². The minimum Gasteiger partial charge on any atom is -0.304 e. The fourth-order valence-electron chi connectivity index (χ4n) is 2.79. The summed E-state index contributed by atoms with van der Waals surface area (Å²) in [7, 11) is 0. The number of aryl methyl sites for hydroxylation is 2. The van der Waals surface area contributed by atoms with E-state index < -0.39 is 0 Å². The van der Waals surface area contributed by atoms with Crippen molar-refractivity contribution in [3.8, 4) is 0 Å². The van der Waals surface area contributed by atoms with Crippen LogP contribution in [0.25, 0.3) is 0 Å². The topological polar surface area (TPSA) is 41.5 Å². The predicted molar refractivity (Wildman–Crippen MR) is 107 cm³/mol. The minimum absolute atomic E-state index is 0.0424. The maximum absolute atomic E-state index is 12.3. The summed E-state index contributed by atoms with van der Waals surface area (Å²) in [5.41, 5.74) is 5.90. The van der Waals surface area contributed by atoms with Gasteiger partial charge < -0.3 is 5.32 Å². The number of thioether (sulfide) groups is 1. The molecule has 1 saturated heterocycles. The van der Waals surface area contributed by atoms with Gasteiger partial charge in [-0.15, -0.1) is 0 Å². The average molecular weight is 353 g/mol. The first-order chi connectivity index (χ1) is 11.9. The van der Waals surface area contributed by atoms with Crippen LogP contribution in [0.4, 0.5) is 5.69 Å². The Labute approximate surface area is 153 Å². The Kier molecular flexibility index (Phi) is 5.28. The zero-order valence-electron chi connectivity index (χ0n) is 15.2. The zero-order chi connectivity index (χ0) is 18.0. The summed E-state index contributed by atoms with van der Waals surface area (Å²) in [5.74, 6) is 0.547. The van der Waals surface area contributed by atoms with Crippen molar-refractivity contribution in [2.75, 3.05) is 0 Å². The van der Waals surface area contributed by atoms with Crippen LogP contribution in [0.3, 0.4) is 0 Å². The van der Waals surface area contributed by atoms with E-state index in [9.17, 15) is 4.79 Å². The van der Waals surface area contributed by atoms with Crippen LogP contribution in [0.2, 0.25) is 0 Å². The highest BCUT2D eigenvalue weighted by Crippen LogP contribution is 2.27. The van der Waals surface area contributed by atoms with E-state index in [1.807, 2.05) is 12.1 Å². The Hall–Kier alpha value is -2.07. The van der Waals surface area contributed by atoms with Crippen LogP contribution in [0.1, 0.15) is 42.0 Å². The van der Waals surface area contributed by atoms with Gasteiger partial charge in [0, 0.05) is 0 Å². The standard InChI is InChI=1S/C21H24N2OS/c1-13(2)17-7-9-18(10-8-17)22-21-23-20(24)19(25-21)12-16-6-5-14(3)15(4)11-16/h5-11,13,19H,12H2,1-4H3,(H,22,23,24). The Morgan fingerprint density at radius 1 is 1.08 bits per heavy atom. The summed E-state index contributed by atoms with van der Waals surface area (Å²) >= 11 is 1.52. The molecule has 2 aromatic carbocycles. The second kappa shape index (κ2) is 7.44. The molecule has 1 fully saturated rings. The molecule has 1 aliphatic heterocycles. The van der Waals surface area contributed by atoms with Gasteiger partial charge in [-0.1, -0.05) is 55.9 Å². The number of carbonyl (C=O) groups is 1. The van der Waals surface area contributed by atoms with Crippen LogP contribution >= 0.6 is 11.8 Å². The van der Waals surface area contributed by atoms with E-state index in [0.717, 1.165) is 12.1 Å². The molecule has 0 aromatic heterocycles. The van der Waals surface area contributed by atoms with Gasteiger partial charge in [0.1, 0.15) is 0 Å². The molecule has 0 radical (unpaired) electrons. The van der Waals surface area contributed by atoms with Crippen LogP contribution in [-0.4, -0.2) is 16.3 Å². The molecule has 1 amide bonds. The molecule has 0 aliphatic carbocycles. The van der Waals surface area contributed by atoms with Gasteiger partial charge in [0.2, 0.25) is 5.91 Å². The molecule has 3 rings (SSSR count). The number of nitrogens with zero attached hydrogens (tertiary/aromatic N) is 1. The quantitative estimate of drug-likeness (QED) is 0.851. The van der Waals surface area contributed by atoms with E-state index in [-0.39, 0.29) is 11.2 Å². The molecule has 3 nitrogen and oxygen atoms in total. The van der Waals surface area contributed by atoms with Crippen LogP contribution in [-0.2, 0) is 11.2 Å². The highest BCUT2D eigenvalue weighted by Gasteiger charge is 2.30. The van der Waals surface area contributed by atoms with E-state index in [1.165, 1.54) is 34.0 Å². The predicted octanol–water partition coefficient (Wildman–Crippen LogP) is 4.89. The van der Waals surface area contributed by atoms with E-state index in [1.54, 1.807) is 0 Å².